The van der Waals surface area contributed by atoms with Crippen molar-refractivity contribution in [3.8, 4) is 5.75 Å². The van der Waals surface area contributed by atoms with Crippen LogP contribution in [0.25, 0.3) is 0 Å². The van der Waals surface area contributed by atoms with Crippen LogP contribution in [0.2, 0.25) is 0 Å². The van der Waals surface area contributed by atoms with E-state index in [2.05, 4.69) is 10.3 Å². The Bertz CT molecular complexity index is 678. The Kier molecular flexibility index (Phi) is 5.15. The van der Waals surface area contributed by atoms with Gasteiger partial charge in [-0.15, -0.1) is 0 Å². The summed E-state index contributed by atoms with van der Waals surface area (Å²) < 4.78 is 19.3. The third-order valence-corrected chi connectivity index (χ3v) is 4.19. The van der Waals surface area contributed by atoms with Crippen molar-refractivity contribution in [2.45, 2.75) is 18.9 Å². The van der Waals surface area contributed by atoms with E-state index in [1.165, 1.54) is 12.1 Å². The standard InChI is InChI=1S/C18H22FN3O2/c1-22(8-9-23)14-5-7-18(20-12-14)21-16-3-2-10-24-17-6-4-13(19)11-15(16)17/h4-7,11-12,16,23H,2-3,8-10H2,1H3,(H,20,21). The number of aliphatic hydroxyl groups excluding tert-OH is 1. The minimum absolute atomic E-state index is 0.0354. The monoisotopic (exact) mass is 331 g/mol. The van der Waals surface area contributed by atoms with Crippen molar-refractivity contribution in [1.82, 2.24) is 4.98 Å². The summed E-state index contributed by atoms with van der Waals surface area (Å²) in [5, 5.41) is 12.4. The fourth-order valence-corrected chi connectivity index (χ4v) is 2.85. The maximum Gasteiger partial charge on any atom is 0.126 e. The molecule has 2 N–H and O–H groups in total. The number of anilines is 2. The first-order valence-corrected chi connectivity index (χ1v) is 8.14. The molecule has 0 radical (unpaired) electrons. The fourth-order valence-electron chi connectivity index (χ4n) is 2.85. The molecule has 0 fully saturated rings. The smallest absolute Gasteiger partial charge is 0.126 e. The second-order valence-corrected chi connectivity index (χ2v) is 5.92. The molecule has 128 valence electrons. The first-order valence-electron chi connectivity index (χ1n) is 8.14. The Balaban J connectivity index is 1.77. The SMILES string of the molecule is CN(CCO)c1ccc(NC2CCCOc3ccc(F)cc32)nc1. The number of aliphatic hydroxyl groups is 1. The molecule has 0 aliphatic carbocycles. The highest BCUT2D eigenvalue weighted by Gasteiger charge is 2.20. The molecule has 1 atom stereocenters. The third kappa shape index (κ3) is 3.76. The molecule has 0 saturated heterocycles. The lowest BCUT2D eigenvalue weighted by atomic mass is 10.0. The number of halogens is 1. The molecule has 2 aromatic rings. The molecule has 1 aromatic heterocycles. The molecule has 1 aliphatic rings. The van der Waals surface area contributed by atoms with Gasteiger partial charge in [0.1, 0.15) is 17.4 Å². The van der Waals surface area contributed by atoms with Crippen LogP contribution < -0.4 is 15.0 Å². The highest BCUT2D eigenvalue weighted by molar-refractivity contribution is 5.50. The van der Waals surface area contributed by atoms with Crippen LogP contribution >= 0.6 is 0 Å². The number of pyridine rings is 1. The molecule has 1 aromatic carbocycles. The maximum absolute atomic E-state index is 13.6. The van der Waals surface area contributed by atoms with Crippen molar-refractivity contribution < 1.29 is 14.2 Å². The van der Waals surface area contributed by atoms with Crippen LogP contribution in [0.4, 0.5) is 15.9 Å². The lowest BCUT2D eigenvalue weighted by Crippen LogP contribution is -2.21. The Hall–Kier alpha value is -2.34. The molecule has 1 aliphatic heterocycles. The van der Waals surface area contributed by atoms with Crippen molar-refractivity contribution in [3.05, 3.63) is 47.9 Å². The second-order valence-electron chi connectivity index (χ2n) is 5.92. The molecule has 0 bridgehead atoms. The zero-order valence-electron chi connectivity index (χ0n) is 13.7. The average Bonchev–Trinajstić information content (AvgIpc) is 2.78. The first kappa shape index (κ1) is 16.5. The van der Waals surface area contributed by atoms with E-state index in [9.17, 15) is 4.39 Å². The quantitative estimate of drug-likeness (QED) is 0.882. The van der Waals surface area contributed by atoms with Gasteiger partial charge in [0, 0.05) is 19.2 Å². The first-order chi connectivity index (χ1) is 11.7. The van der Waals surface area contributed by atoms with Crippen molar-refractivity contribution in [2.75, 3.05) is 37.0 Å². The van der Waals surface area contributed by atoms with Gasteiger partial charge in [0.15, 0.2) is 0 Å². The molecule has 1 unspecified atom stereocenters. The summed E-state index contributed by atoms with van der Waals surface area (Å²) in [6.45, 7) is 1.29. The molecule has 5 nitrogen and oxygen atoms in total. The molecular formula is C18H22FN3O2. The Labute approximate surface area is 141 Å². The number of nitrogens with zero attached hydrogens (tertiary/aromatic N) is 2. The van der Waals surface area contributed by atoms with Crippen LogP contribution in [0, 0.1) is 5.82 Å². The molecule has 24 heavy (non-hydrogen) atoms. The van der Waals surface area contributed by atoms with Gasteiger partial charge in [-0.3, -0.25) is 0 Å². The molecule has 3 rings (SSSR count). The number of hydrogen-bond donors (Lipinski definition) is 2. The second kappa shape index (κ2) is 7.49. The largest absolute Gasteiger partial charge is 0.493 e. The maximum atomic E-state index is 13.6. The minimum Gasteiger partial charge on any atom is -0.493 e. The van der Waals surface area contributed by atoms with E-state index in [0.29, 0.717) is 13.2 Å². The van der Waals surface area contributed by atoms with E-state index >= 15 is 0 Å². The normalized spacial score (nSPS) is 16.7. The predicted octanol–water partition coefficient (Wildman–Crippen LogP) is 2.98. The third-order valence-electron chi connectivity index (χ3n) is 4.19. The lowest BCUT2D eigenvalue weighted by molar-refractivity contribution is 0.304. The van der Waals surface area contributed by atoms with E-state index in [1.807, 2.05) is 24.1 Å². The average molecular weight is 331 g/mol. The lowest BCUT2D eigenvalue weighted by Gasteiger charge is -2.21. The van der Waals surface area contributed by atoms with Gasteiger partial charge in [-0.2, -0.15) is 0 Å². The van der Waals surface area contributed by atoms with Crippen LogP contribution in [0.5, 0.6) is 5.75 Å². The zero-order valence-corrected chi connectivity index (χ0v) is 13.7. The van der Waals surface area contributed by atoms with E-state index in [1.54, 1.807) is 12.3 Å². The number of benzene rings is 1. The Morgan fingerprint density at radius 2 is 2.25 bits per heavy atom. The zero-order chi connectivity index (χ0) is 16.9. The highest BCUT2D eigenvalue weighted by atomic mass is 19.1. The van der Waals surface area contributed by atoms with Crippen molar-refractivity contribution in [1.29, 1.82) is 0 Å². The van der Waals surface area contributed by atoms with Gasteiger partial charge in [-0.25, -0.2) is 9.37 Å². The van der Waals surface area contributed by atoms with E-state index in [0.717, 1.165) is 35.7 Å². The molecular weight excluding hydrogens is 309 g/mol. The molecule has 0 saturated carbocycles. The Morgan fingerprint density at radius 1 is 1.38 bits per heavy atom. The summed E-state index contributed by atoms with van der Waals surface area (Å²) >= 11 is 0. The Morgan fingerprint density at radius 3 is 3.00 bits per heavy atom. The van der Waals surface area contributed by atoms with Crippen LogP contribution in [-0.2, 0) is 0 Å². The molecule has 6 heteroatoms. The van der Waals surface area contributed by atoms with Crippen molar-refractivity contribution in [3.63, 3.8) is 0 Å². The van der Waals surface area contributed by atoms with Crippen LogP contribution in [0.1, 0.15) is 24.4 Å². The summed E-state index contributed by atoms with van der Waals surface area (Å²) in [4.78, 5) is 6.36. The fraction of sp³-hybridized carbons (Fsp3) is 0.389. The van der Waals surface area contributed by atoms with Gasteiger partial charge >= 0.3 is 0 Å². The highest BCUT2D eigenvalue weighted by Crippen LogP contribution is 2.34. The van der Waals surface area contributed by atoms with Crippen molar-refractivity contribution >= 4 is 11.5 Å². The summed E-state index contributed by atoms with van der Waals surface area (Å²) in [7, 11) is 1.90. The molecule has 0 spiro atoms. The summed E-state index contributed by atoms with van der Waals surface area (Å²) in [6, 6.07) is 8.45. The molecule has 0 amide bonds. The van der Waals surface area contributed by atoms with E-state index < -0.39 is 0 Å². The van der Waals surface area contributed by atoms with E-state index in [-0.39, 0.29) is 18.5 Å². The van der Waals surface area contributed by atoms with Crippen LogP contribution in [0.15, 0.2) is 36.5 Å². The van der Waals surface area contributed by atoms with Gasteiger partial charge < -0.3 is 20.1 Å². The minimum atomic E-state index is -0.264. The number of rotatable bonds is 5. The van der Waals surface area contributed by atoms with Crippen molar-refractivity contribution in [2.24, 2.45) is 0 Å². The topological polar surface area (TPSA) is 57.6 Å². The number of fused-ring (bicyclic) bond motifs is 1. The van der Waals surface area contributed by atoms with Gasteiger partial charge in [0.2, 0.25) is 0 Å². The molecule has 2 heterocycles. The van der Waals surface area contributed by atoms with Crippen LogP contribution in [0.3, 0.4) is 0 Å². The number of hydrogen-bond acceptors (Lipinski definition) is 5. The number of likely N-dealkylation sites (N-methyl/N-ethyl adjacent to an activating group) is 1. The summed E-state index contributed by atoms with van der Waals surface area (Å²) in [5.74, 6) is 1.20. The van der Waals surface area contributed by atoms with Gasteiger partial charge in [-0.1, -0.05) is 0 Å². The van der Waals surface area contributed by atoms with Gasteiger partial charge in [0.25, 0.3) is 0 Å². The van der Waals surface area contributed by atoms with Gasteiger partial charge in [-0.05, 0) is 43.2 Å². The summed E-state index contributed by atoms with van der Waals surface area (Å²) in [5.41, 5.74) is 1.76. The summed E-state index contributed by atoms with van der Waals surface area (Å²) in [6.07, 6.45) is 3.51. The van der Waals surface area contributed by atoms with E-state index in [4.69, 9.17) is 9.84 Å². The van der Waals surface area contributed by atoms with Gasteiger partial charge in [0.05, 0.1) is 31.1 Å². The van der Waals surface area contributed by atoms with Crippen LogP contribution in [-0.4, -0.2) is 36.9 Å². The number of aromatic nitrogens is 1. The number of ether oxygens (including phenoxy) is 1. The number of nitrogens with one attached hydrogen (secondary N) is 1. The predicted molar refractivity (Wildman–Crippen MR) is 92.1 cm³/mol.